The van der Waals surface area contributed by atoms with Crippen LogP contribution in [-0.2, 0) is 16.6 Å². The first-order valence-electron chi connectivity index (χ1n) is 10.0. The minimum Gasteiger partial charge on any atom is -0.303 e. The van der Waals surface area contributed by atoms with Gasteiger partial charge in [0.1, 0.15) is 0 Å². The van der Waals surface area contributed by atoms with Gasteiger partial charge in [0.05, 0.1) is 21.7 Å². The topological polar surface area (TPSA) is 71.4 Å². The molecule has 1 aliphatic heterocycles. The van der Waals surface area contributed by atoms with Crippen LogP contribution in [0.3, 0.4) is 0 Å². The quantitative estimate of drug-likeness (QED) is 0.516. The van der Waals surface area contributed by atoms with E-state index >= 15 is 0 Å². The van der Waals surface area contributed by atoms with E-state index in [9.17, 15) is 13.2 Å². The number of nitrogens with one attached hydrogen (secondary N) is 1. The lowest BCUT2D eigenvalue weighted by molar-refractivity contribution is 0.334. The number of nitrogens with zero attached hydrogens (tertiary/aromatic N) is 2. The Balaban J connectivity index is 1.47. The predicted molar refractivity (Wildman–Crippen MR) is 122 cm³/mol. The van der Waals surface area contributed by atoms with E-state index in [2.05, 4.69) is 9.62 Å². The van der Waals surface area contributed by atoms with Gasteiger partial charge in [-0.1, -0.05) is 35.1 Å². The van der Waals surface area contributed by atoms with Crippen LogP contribution in [0.2, 0.25) is 5.02 Å². The van der Waals surface area contributed by atoms with E-state index in [1.54, 1.807) is 34.9 Å². The van der Waals surface area contributed by atoms with Crippen molar-refractivity contribution in [2.75, 3.05) is 26.2 Å². The number of fused-ring (bicyclic) bond motifs is 1. The number of hydrogen-bond acceptors (Lipinski definition) is 5. The molecule has 3 aromatic rings. The van der Waals surface area contributed by atoms with Crippen LogP contribution in [0.5, 0.6) is 0 Å². The smallest absolute Gasteiger partial charge is 0.303 e. The zero-order valence-electron chi connectivity index (χ0n) is 16.5. The summed E-state index contributed by atoms with van der Waals surface area (Å²) in [7, 11) is -3.60. The van der Waals surface area contributed by atoms with Gasteiger partial charge in [-0.3, -0.25) is 9.36 Å². The van der Waals surface area contributed by atoms with Crippen LogP contribution in [0.1, 0.15) is 24.8 Å². The summed E-state index contributed by atoms with van der Waals surface area (Å²) in [5.74, 6) is 0. The molecule has 6 nitrogen and oxygen atoms in total. The molecular formula is C21H24ClN3O3S2. The monoisotopic (exact) mass is 465 g/mol. The fourth-order valence-electron chi connectivity index (χ4n) is 3.73. The molecule has 1 saturated heterocycles. The first kappa shape index (κ1) is 21.5. The van der Waals surface area contributed by atoms with Crippen molar-refractivity contribution in [2.24, 2.45) is 0 Å². The summed E-state index contributed by atoms with van der Waals surface area (Å²) in [4.78, 5) is 14.9. The second-order valence-corrected chi connectivity index (χ2v) is 10.7. The molecule has 0 unspecified atom stereocenters. The Labute approximate surface area is 185 Å². The van der Waals surface area contributed by atoms with Gasteiger partial charge in [-0.2, -0.15) is 0 Å². The molecular weight excluding hydrogens is 442 g/mol. The van der Waals surface area contributed by atoms with Crippen LogP contribution >= 0.6 is 22.9 Å². The number of benzene rings is 2. The average Bonchev–Trinajstić information content (AvgIpc) is 3.34. The number of hydrogen-bond donors (Lipinski definition) is 1. The number of thiazole rings is 1. The van der Waals surface area contributed by atoms with Gasteiger partial charge in [0.2, 0.25) is 10.0 Å². The van der Waals surface area contributed by atoms with E-state index < -0.39 is 10.0 Å². The molecule has 30 heavy (non-hydrogen) atoms. The van der Waals surface area contributed by atoms with Crippen molar-refractivity contribution < 1.29 is 8.42 Å². The van der Waals surface area contributed by atoms with Gasteiger partial charge in [-0.15, -0.1) is 0 Å². The van der Waals surface area contributed by atoms with Crippen LogP contribution < -0.4 is 9.60 Å². The van der Waals surface area contributed by atoms with Crippen molar-refractivity contribution in [2.45, 2.75) is 30.7 Å². The number of aromatic nitrogens is 1. The first-order valence-corrected chi connectivity index (χ1v) is 12.7. The Hall–Kier alpha value is -1.71. The third-order valence-corrected chi connectivity index (χ3v) is 8.00. The molecule has 0 saturated carbocycles. The van der Waals surface area contributed by atoms with E-state index in [1.165, 1.54) is 12.8 Å². The van der Waals surface area contributed by atoms with Gasteiger partial charge < -0.3 is 4.90 Å². The highest BCUT2D eigenvalue weighted by Crippen LogP contribution is 2.23. The molecule has 0 atom stereocenters. The van der Waals surface area contributed by atoms with Crippen molar-refractivity contribution in [1.29, 1.82) is 0 Å². The predicted octanol–water partition coefficient (Wildman–Crippen LogP) is 3.53. The molecule has 9 heteroatoms. The zero-order chi connectivity index (χ0) is 21.1. The molecule has 0 amide bonds. The highest BCUT2D eigenvalue weighted by molar-refractivity contribution is 7.89. The van der Waals surface area contributed by atoms with Crippen LogP contribution in [0.15, 0.2) is 52.2 Å². The number of rotatable bonds is 8. The van der Waals surface area contributed by atoms with Crippen molar-refractivity contribution in [3.8, 4) is 0 Å². The van der Waals surface area contributed by atoms with Gasteiger partial charge in [0, 0.05) is 11.6 Å². The molecule has 1 aromatic heterocycles. The van der Waals surface area contributed by atoms with Gasteiger partial charge in [0.25, 0.3) is 0 Å². The molecule has 1 N–H and O–H groups in total. The maximum Gasteiger partial charge on any atom is 0.308 e. The van der Waals surface area contributed by atoms with E-state index in [4.69, 9.17) is 11.6 Å². The fraction of sp³-hybridized carbons (Fsp3) is 0.381. The first-order chi connectivity index (χ1) is 14.4. The minimum absolute atomic E-state index is 0.118. The third kappa shape index (κ3) is 4.95. The molecule has 1 aliphatic rings. The van der Waals surface area contributed by atoms with Crippen LogP contribution in [0.25, 0.3) is 10.2 Å². The largest absolute Gasteiger partial charge is 0.308 e. The van der Waals surface area contributed by atoms with E-state index in [0.717, 1.165) is 48.5 Å². The summed E-state index contributed by atoms with van der Waals surface area (Å²) in [5.41, 5.74) is 1.69. The van der Waals surface area contributed by atoms with Crippen LogP contribution in [0, 0.1) is 0 Å². The molecule has 0 spiro atoms. The molecule has 4 rings (SSSR count). The van der Waals surface area contributed by atoms with Crippen molar-refractivity contribution in [3.63, 3.8) is 0 Å². The molecule has 0 aliphatic carbocycles. The molecule has 1 fully saturated rings. The summed E-state index contributed by atoms with van der Waals surface area (Å²) in [6, 6.07) is 12.2. The maximum atomic E-state index is 12.7. The Morgan fingerprint density at radius 3 is 2.53 bits per heavy atom. The van der Waals surface area contributed by atoms with Gasteiger partial charge in [-0.25, -0.2) is 13.1 Å². The lowest BCUT2D eigenvalue weighted by Gasteiger charge is -2.14. The van der Waals surface area contributed by atoms with Crippen molar-refractivity contribution >= 4 is 43.2 Å². The summed E-state index contributed by atoms with van der Waals surface area (Å²) in [5, 5.41) is 0.643. The van der Waals surface area contributed by atoms with E-state index in [1.807, 2.05) is 12.1 Å². The molecule has 0 radical (unpaired) electrons. The summed E-state index contributed by atoms with van der Waals surface area (Å²) >= 11 is 6.99. The second kappa shape index (κ2) is 9.20. The third-order valence-electron chi connectivity index (χ3n) is 5.35. The summed E-state index contributed by atoms with van der Waals surface area (Å²) in [6.45, 7) is 3.95. The van der Waals surface area contributed by atoms with Crippen molar-refractivity contribution in [3.05, 3.63) is 62.7 Å². The Bertz CT molecular complexity index is 1180. The number of likely N-dealkylation sites (tertiary alicyclic amines) is 1. The zero-order valence-corrected chi connectivity index (χ0v) is 18.9. The van der Waals surface area contributed by atoms with Gasteiger partial charge >= 0.3 is 4.87 Å². The minimum atomic E-state index is -3.60. The van der Waals surface area contributed by atoms with Gasteiger partial charge in [0.15, 0.2) is 0 Å². The highest BCUT2D eigenvalue weighted by atomic mass is 35.5. The second-order valence-electron chi connectivity index (χ2n) is 7.51. The summed E-state index contributed by atoms with van der Waals surface area (Å²) < 4.78 is 30.3. The Morgan fingerprint density at radius 1 is 1.07 bits per heavy atom. The van der Waals surface area contributed by atoms with Crippen molar-refractivity contribution in [1.82, 2.24) is 14.2 Å². The maximum absolute atomic E-state index is 12.7. The average molecular weight is 466 g/mol. The lowest BCUT2D eigenvalue weighted by atomic mass is 10.2. The van der Waals surface area contributed by atoms with Gasteiger partial charge in [-0.05, 0) is 74.8 Å². The van der Waals surface area contributed by atoms with E-state index in [0.29, 0.717) is 22.8 Å². The van der Waals surface area contributed by atoms with Crippen LogP contribution in [0.4, 0.5) is 0 Å². The normalized spacial score (nSPS) is 15.2. The van der Waals surface area contributed by atoms with Crippen LogP contribution in [-0.4, -0.2) is 44.1 Å². The fourth-order valence-corrected chi connectivity index (χ4v) is 5.97. The summed E-state index contributed by atoms with van der Waals surface area (Å²) in [6.07, 6.45) is 3.24. The standard InChI is InChI=1S/C21H24ClN3O3S2/c22-17-6-4-16(5-7-17)15-25-19-9-8-18(14-20(19)29-21(25)26)30(27,28)23-10-3-13-24-11-1-2-12-24/h4-9,14,23H,1-3,10-13,15H2. The number of sulfonamides is 1. The Kier molecular flexibility index (Phi) is 6.60. The Morgan fingerprint density at radius 2 is 1.80 bits per heavy atom. The lowest BCUT2D eigenvalue weighted by Crippen LogP contribution is -2.28. The molecule has 2 aromatic carbocycles. The number of halogens is 1. The SMILES string of the molecule is O=c1sc2cc(S(=O)(=O)NCCCN3CCCC3)ccc2n1Cc1ccc(Cl)cc1. The molecule has 160 valence electrons. The molecule has 0 bridgehead atoms. The molecule has 2 heterocycles. The highest BCUT2D eigenvalue weighted by Gasteiger charge is 2.17. The van der Waals surface area contributed by atoms with E-state index in [-0.39, 0.29) is 9.77 Å².